The Hall–Kier alpha value is -3.23. The Morgan fingerprint density at radius 2 is 1.36 bits per heavy atom. The lowest BCUT2D eigenvalue weighted by Gasteiger charge is -2.21. The number of hydrogen-bond acceptors (Lipinski definition) is 1. The van der Waals surface area contributed by atoms with Gasteiger partial charge in [0.1, 0.15) is 11.9 Å². The number of rotatable bonds is 5. The first-order valence-electron chi connectivity index (χ1n) is 9.87. The number of quaternary nitrogens is 1. The molecule has 0 atom stereocenters. The summed E-state index contributed by atoms with van der Waals surface area (Å²) < 4.78 is 0. The molecule has 2 nitrogen and oxygen atoms in total. The molecule has 0 aromatic heterocycles. The van der Waals surface area contributed by atoms with E-state index in [4.69, 9.17) is 4.99 Å². The quantitative estimate of drug-likeness (QED) is 0.437. The number of aliphatic imine (C=N–C) groups is 1. The molecule has 2 N–H and O–H groups in total. The van der Waals surface area contributed by atoms with Gasteiger partial charge in [0.2, 0.25) is 0 Å². The Morgan fingerprint density at radius 3 is 2.07 bits per heavy atom. The molecule has 4 rings (SSSR count). The van der Waals surface area contributed by atoms with Gasteiger partial charge in [-0.2, -0.15) is 0 Å². The highest BCUT2D eigenvalue weighted by Gasteiger charge is 2.19. The van der Waals surface area contributed by atoms with Crippen molar-refractivity contribution in [3.05, 3.63) is 114 Å². The Kier molecular flexibility index (Phi) is 5.91. The third kappa shape index (κ3) is 4.54. The summed E-state index contributed by atoms with van der Waals surface area (Å²) in [4.78, 5) is 4.74. The van der Waals surface area contributed by atoms with Crippen molar-refractivity contribution in [3.63, 3.8) is 0 Å². The highest BCUT2D eigenvalue weighted by Crippen LogP contribution is 2.35. The standard InChI is InChI=1S/C26H24N2/c1-4-11-21(12-5-1)26-22(19-27-24-15-6-2-7-16-24)13-10-14-23(26)20-28-25-17-8-3-9-18-25/h1-9,11-12,15-20,27H,10,13-14H2/p+1/b22-19+,28-20?. The lowest BCUT2D eigenvalue weighted by molar-refractivity contribution is -0.497. The van der Waals surface area contributed by atoms with E-state index >= 15 is 0 Å². The molecule has 3 aromatic rings. The molecule has 3 aromatic carbocycles. The van der Waals surface area contributed by atoms with Gasteiger partial charge >= 0.3 is 0 Å². The van der Waals surface area contributed by atoms with E-state index in [1.165, 1.54) is 28.0 Å². The molecule has 28 heavy (non-hydrogen) atoms. The van der Waals surface area contributed by atoms with Crippen molar-refractivity contribution >= 4 is 23.2 Å². The van der Waals surface area contributed by atoms with E-state index in [0.29, 0.717) is 0 Å². The number of nitrogens with two attached hydrogens (primary N) is 1. The van der Waals surface area contributed by atoms with E-state index in [0.717, 1.165) is 24.9 Å². The molecule has 0 unspecified atom stereocenters. The SMILES string of the molecule is C(=Nc1ccccc1)C1=C(c2ccccc2)/C(=C/[NH2+]c2ccccc2)CCC1. The van der Waals surface area contributed by atoms with Gasteiger partial charge in [0.05, 0.1) is 5.69 Å². The Labute approximate surface area is 167 Å². The zero-order valence-electron chi connectivity index (χ0n) is 16.0. The molecule has 0 radical (unpaired) electrons. The summed E-state index contributed by atoms with van der Waals surface area (Å²) in [7, 11) is 0. The first-order valence-corrected chi connectivity index (χ1v) is 9.87. The van der Waals surface area contributed by atoms with Crippen LogP contribution in [0.15, 0.2) is 113 Å². The molecule has 0 spiro atoms. The Balaban J connectivity index is 1.72. The molecule has 0 amide bonds. The maximum absolute atomic E-state index is 4.74. The summed E-state index contributed by atoms with van der Waals surface area (Å²) in [6.45, 7) is 0. The number of hydrogen-bond donors (Lipinski definition) is 1. The van der Waals surface area contributed by atoms with Gasteiger partial charge < -0.3 is 0 Å². The molecule has 0 saturated heterocycles. The number of allylic oxidation sites excluding steroid dienone is 3. The van der Waals surface area contributed by atoms with E-state index in [1.807, 2.05) is 30.3 Å². The number of para-hydroxylation sites is 2. The minimum atomic E-state index is 0.995. The molecule has 2 heteroatoms. The van der Waals surface area contributed by atoms with Crippen molar-refractivity contribution in [3.8, 4) is 0 Å². The summed E-state index contributed by atoms with van der Waals surface area (Å²) in [5.41, 5.74) is 7.52. The smallest absolute Gasteiger partial charge is 0.134 e. The maximum atomic E-state index is 4.74. The summed E-state index contributed by atoms with van der Waals surface area (Å²) in [5.74, 6) is 0. The van der Waals surface area contributed by atoms with E-state index in [-0.39, 0.29) is 0 Å². The van der Waals surface area contributed by atoms with Crippen molar-refractivity contribution < 1.29 is 5.32 Å². The van der Waals surface area contributed by atoms with E-state index < -0.39 is 0 Å². The monoisotopic (exact) mass is 365 g/mol. The van der Waals surface area contributed by atoms with Gasteiger partial charge in [0.25, 0.3) is 0 Å². The lowest BCUT2D eigenvalue weighted by atomic mass is 9.84. The molecule has 1 aliphatic carbocycles. The molecule has 0 aliphatic heterocycles. The van der Waals surface area contributed by atoms with Crippen molar-refractivity contribution in [2.24, 2.45) is 4.99 Å². The van der Waals surface area contributed by atoms with Crippen LogP contribution in [0.25, 0.3) is 5.57 Å². The van der Waals surface area contributed by atoms with E-state index in [2.05, 4.69) is 78.4 Å². The molecule has 0 saturated carbocycles. The Morgan fingerprint density at radius 1 is 0.714 bits per heavy atom. The predicted octanol–water partition coefficient (Wildman–Crippen LogP) is 5.81. The first kappa shape index (κ1) is 18.1. The second-order valence-electron chi connectivity index (χ2n) is 6.98. The zero-order chi connectivity index (χ0) is 19.0. The fraction of sp³-hybridized carbons (Fsp3) is 0.115. The highest BCUT2D eigenvalue weighted by molar-refractivity contribution is 5.97. The van der Waals surface area contributed by atoms with Crippen LogP contribution >= 0.6 is 0 Å². The first-order chi connectivity index (χ1) is 13.9. The fourth-order valence-electron chi connectivity index (χ4n) is 3.62. The molecule has 1 aliphatic rings. The van der Waals surface area contributed by atoms with Gasteiger partial charge in [-0.1, -0.05) is 66.7 Å². The van der Waals surface area contributed by atoms with Gasteiger partial charge in [-0.25, -0.2) is 0 Å². The number of benzene rings is 3. The van der Waals surface area contributed by atoms with Crippen LogP contribution in [-0.4, -0.2) is 6.21 Å². The van der Waals surface area contributed by atoms with Crippen LogP contribution in [0.2, 0.25) is 0 Å². The van der Waals surface area contributed by atoms with Gasteiger partial charge in [-0.3, -0.25) is 10.3 Å². The van der Waals surface area contributed by atoms with Crippen LogP contribution in [0.3, 0.4) is 0 Å². The van der Waals surface area contributed by atoms with Crippen molar-refractivity contribution in [2.45, 2.75) is 19.3 Å². The predicted molar refractivity (Wildman–Crippen MR) is 118 cm³/mol. The normalized spacial score (nSPS) is 16.1. The molecule has 0 fully saturated rings. The van der Waals surface area contributed by atoms with Gasteiger partial charge in [-0.15, -0.1) is 0 Å². The van der Waals surface area contributed by atoms with Crippen LogP contribution in [0, 0.1) is 0 Å². The van der Waals surface area contributed by atoms with Crippen molar-refractivity contribution in [1.29, 1.82) is 0 Å². The van der Waals surface area contributed by atoms with Crippen LogP contribution < -0.4 is 5.32 Å². The summed E-state index contributed by atoms with van der Waals surface area (Å²) in [6.07, 6.45) is 7.65. The van der Waals surface area contributed by atoms with Gasteiger partial charge in [0.15, 0.2) is 0 Å². The van der Waals surface area contributed by atoms with Crippen LogP contribution in [0.5, 0.6) is 0 Å². The molecular weight excluding hydrogens is 340 g/mol. The van der Waals surface area contributed by atoms with Crippen molar-refractivity contribution in [2.75, 3.05) is 0 Å². The van der Waals surface area contributed by atoms with Gasteiger partial charge in [-0.05, 0) is 60.2 Å². The minimum Gasteiger partial charge on any atom is -0.287 e. The molecule has 0 heterocycles. The molecular formula is C26H25N2+. The average molecular weight is 366 g/mol. The average Bonchev–Trinajstić information content (AvgIpc) is 2.78. The third-order valence-electron chi connectivity index (χ3n) is 5.00. The third-order valence-corrected chi connectivity index (χ3v) is 5.00. The summed E-state index contributed by atoms with van der Waals surface area (Å²) >= 11 is 0. The van der Waals surface area contributed by atoms with Crippen LogP contribution in [0.1, 0.15) is 24.8 Å². The van der Waals surface area contributed by atoms with Crippen LogP contribution in [0.4, 0.5) is 11.4 Å². The van der Waals surface area contributed by atoms with Crippen molar-refractivity contribution in [1.82, 2.24) is 0 Å². The van der Waals surface area contributed by atoms with E-state index in [1.54, 1.807) is 0 Å². The lowest BCUT2D eigenvalue weighted by Crippen LogP contribution is -2.71. The van der Waals surface area contributed by atoms with Crippen LogP contribution in [-0.2, 0) is 0 Å². The summed E-state index contributed by atoms with van der Waals surface area (Å²) in [5, 5.41) is 2.22. The Bertz CT molecular complexity index is 984. The molecule has 138 valence electrons. The number of nitrogens with zero attached hydrogens (tertiary/aromatic N) is 1. The second kappa shape index (κ2) is 9.12. The minimum absolute atomic E-state index is 0.995. The highest BCUT2D eigenvalue weighted by atomic mass is 14.8. The van der Waals surface area contributed by atoms with Gasteiger partial charge in [0, 0.05) is 11.8 Å². The zero-order valence-corrected chi connectivity index (χ0v) is 16.0. The molecule has 0 bridgehead atoms. The second-order valence-corrected chi connectivity index (χ2v) is 6.98. The van der Waals surface area contributed by atoms with E-state index in [9.17, 15) is 0 Å². The topological polar surface area (TPSA) is 29.0 Å². The fourth-order valence-corrected chi connectivity index (χ4v) is 3.62. The largest absolute Gasteiger partial charge is 0.287 e. The maximum Gasteiger partial charge on any atom is 0.134 e. The summed E-state index contributed by atoms with van der Waals surface area (Å²) in [6, 6.07) is 31.4.